The molecule has 22 heavy (non-hydrogen) atoms. The lowest BCUT2D eigenvalue weighted by molar-refractivity contribution is -0.129. The molecular weight excluding hydrogens is 274 g/mol. The predicted molar refractivity (Wildman–Crippen MR) is 84.8 cm³/mol. The molecule has 4 nitrogen and oxygen atoms in total. The molecule has 4 heteroatoms. The van der Waals surface area contributed by atoms with Crippen LogP contribution < -0.4 is 0 Å². The maximum atomic E-state index is 12.4. The Morgan fingerprint density at radius 3 is 2.77 bits per heavy atom. The summed E-state index contributed by atoms with van der Waals surface area (Å²) in [4.78, 5) is 14.3. The Bertz CT molecular complexity index is 749. The van der Waals surface area contributed by atoms with Gasteiger partial charge in [-0.05, 0) is 42.8 Å². The molecule has 0 fully saturated rings. The summed E-state index contributed by atoms with van der Waals surface area (Å²) in [6, 6.07) is 13.4. The Hall–Kier alpha value is -2.80. The zero-order chi connectivity index (χ0) is 15.5. The smallest absolute Gasteiger partial charge is 0.247 e. The molecular formula is C18H17N3O. The van der Waals surface area contributed by atoms with E-state index in [0.29, 0.717) is 5.56 Å². The summed E-state index contributed by atoms with van der Waals surface area (Å²) in [6.07, 6.45) is 5.46. The molecule has 3 rings (SSSR count). The molecule has 0 spiro atoms. The van der Waals surface area contributed by atoms with E-state index in [0.717, 1.165) is 18.7 Å². The van der Waals surface area contributed by atoms with Crippen molar-refractivity contribution in [3.63, 3.8) is 0 Å². The third-order valence-electron chi connectivity index (χ3n) is 4.08. The van der Waals surface area contributed by atoms with Crippen LogP contribution in [0.3, 0.4) is 0 Å². The lowest BCUT2D eigenvalue weighted by atomic mass is 10.1. The topological polar surface area (TPSA) is 49.0 Å². The molecule has 0 aliphatic carbocycles. The number of carbonyl (C=O) groups excluding carboxylic acids is 1. The van der Waals surface area contributed by atoms with E-state index >= 15 is 0 Å². The molecule has 1 aromatic carbocycles. The minimum atomic E-state index is 0.0179. The van der Waals surface area contributed by atoms with E-state index in [1.807, 2.05) is 23.1 Å². The molecule has 0 bridgehead atoms. The van der Waals surface area contributed by atoms with Crippen molar-refractivity contribution in [3.8, 4) is 6.07 Å². The zero-order valence-corrected chi connectivity index (χ0v) is 12.4. The SMILES string of the molecule is C[C@@H]1c2cccn2CCN1C(=O)/C=C\c1ccc(C#N)cc1. The normalized spacial score (nSPS) is 17.3. The third kappa shape index (κ3) is 2.66. The highest BCUT2D eigenvalue weighted by atomic mass is 16.2. The van der Waals surface area contributed by atoms with Crippen molar-refractivity contribution in [3.05, 3.63) is 65.5 Å². The van der Waals surface area contributed by atoms with Gasteiger partial charge in [-0.25, -0.2) is 0 Å². The average molecular weight is 291 g/mol. The Labute approximate surface area is 129 Å². The van der Waals surface area contributed by atoms with Gasteiger partial charge >= 0.3 is 0 Å². The molecule has 1 aromatic heterocycles. The van der Waals surface area contributed by atoms with Crippen LogP contribution in [0, 0.1) is 11.3 Å². The van der Waals surface area contributed by atoms with Crippen molar-refractivity contribution >= 4 is 12.0 Å². The van der Waals surface area contributed by atoms with Crippen LogP contribution in [0.1, 0.15) is 29.8 Å². The Kier molecular flexibility index (Phi) is 3.80. The number of aromatic nitrogens is 1. The molecule has 1 amide bonds. The van der Waals surface area contributed by atoms with Crippen molar-refractivity contribution < 1.29 is 4.79 Å². The summed E-state index contributed by atoms with van der Waals surface area (Å²) < 4.78 is 2.19. The lowest BCUT2D eigenvalue weighted by Gasteiger charge is -2.34. The van der Waals surface area contributed by atoms with Gasteiger partial charge in [-0.15, -0.1) is 0 Å². The molecule has 0 radical (unpaired) electrons. The third-order valence-corrected chi connectivity index (χ3v) is 4.08. The minimum Gasteiger partial charge on any atom is -0.348 e. The van der Waals surface area contributed by atoms with Crippen LogP contribution in [0.25, 0.3) is 6.08 Å². The van der Waals surface area contributed by atoms with Gasteiger partial charge < -0.3 is 9.47 Å². The van der Waals surface area contributed by atoms with Crippen LogP contribution in [0.2, 0.25) is 0 Å². The van der Waals surface area contributed by atoms with E-state index < -0.39 is 0 Å². The second-order valence-corrected chi connectivity index (χ2v) is 5.40. The first-order valence-corrected chi connectivity index (χ1v) is 7.33. The summed E-state index contributed by atoms with van der Waals surface area (Å²) in [5, 5.41) is 8.78. The van der Waals surface area contributed by atoms with Crippen LogP contribution in [-0.2, 0) is 11.3 Å². The highest BCUT2D eigenvalue weighted by molar-refractivity contribution is 5.92. The van der Waals surface area contributed by atoms with Gasteiger partial charge in [-0.3, -0.25) is 4.79 Å². The fourth-order valence-electron chi connectivity index (χ4n) is 2.81. The zero-order valence-electron chi connectivity index (χ0n) is 12.4. The van der Waals surface area contributed by atoms with Gasteiger partial charge in [0.15, 0.2) is 0 Å². The van der Waals surface area contributed by atoms with Crippen molar-refractivity contribution in [1.29, 1.82) is 5.26 Å². The molecule has 1 aliphatic heterocycles. The van der Waals surface area contributed by atoms with Crippen LogP contribution in [0.15, 0.2) is 48.7 Å². The highest BCUT2D eigenvalue weighted by Crippen LogP contribution is 2.25. The van der Waals surface area contributed by atoms with Gasteiger partial charge in [0.05, 0.1) is 17.7 Å². The molecule has 2 aromatic rings. The number of rotatable bonds is 2. The first kappa shape index (κ1) is 14.2. The molecule has 110 valence electrons. The number of nitriles is 1. The summed E-state index contributed by atoms with van der Waals surface area (Å²) in [5.74, 6) is 0.0179. The summed E-state index contributed by atoms with van der Waals surface area (Å²) in [6.45, 7) is 3.61. The first-order valence-electron chi connectivity index (χ1n) is 7.33. The van der Waals surface area contributed by atoms with E-state index in [-0.39, 0.29) is 11.9 Å². The van der Waals surface area contributed by atoms with Crippen molar-refractivity contribution in [1.82, 2.24) is 9.47 Å². The van der Waals surface area contributed by atoms with Crippen molar-refractivity contribution in [2.75, 3.05) is 6.54 Å². The predicted octanol–water partition coefficient (Wildman–Crippen LogP) is 2.98. The number of amides is 1. The van der Waals surface area contributed by atoms with Crippen LogP contribution >= 0.6 is 0 Å². The number of fused-ring (bicyclic) bond motifs is 1. The van der Waals surface area contributed by atoms with Crippen LogP contribution in [0.5, 0.6) is 0 Å². The maximum absolute atomic E-state index is 12.4. The average Bonchev–Trinajstić information content (AvgIpc) is 3.03. The summed E-state index contributed by atoms with van der Waals surface area (Å²) >= 11 is 0. The second-order valence-electron chi connectivity index (χ2n) is 5.40. The van der Waals surface area contributed by atoms with Crippen molar-refractivity contribution in [2.45, 2.75) is 19.5 Å². The first-order chi connectivity index (χ1) is 10.7. The highest BCUT2D eigenvalue weighted by Gasteiger charge is 2.25. The standard InChI is InChI=1S/C18H17N3O/c1-14-17-3-2-10-20(17)11-12-21(14)18(22)9-8-15-4-6-16(13-19)7-5-15/h2-10,14H,11-12H2,1H3/b9-8-/t14-/m1/s1. The fourth-order valence-corrected chi connectivity index (χ4v) is 2.81. The van der Waals surface area contributed by atoms with E-state index in [1.165, 1.54) is 5.69 Å². The van der Waals surface area contributed by atoms with E-state index in [1.54, 1.807) is 24.3 Å². The van der Waals surface area contributed by atoms with E-state index in [2.05, 4.69) is 29.8 Å². The second kappa shape index (κ2) is 5.90. The Morgan fingerprint density at radius 1 is 1.27 bits per heavy atom. The summed E-state index contributed by atoms with van der Waals surface area (Å²) in [7, 11) is 0. The molecule has 1 atom stereocenters. The Morgan fingerprint density at radius 2 is 2.05 bits per heavy atom. The minimum absolute atomic E-state index is 0.0179. The monoisotopic (exact) mass is 291 g/mol. The van der Waals surface area contributed by atoms with Crippen LogP contribution in [-0.4, -0.2) is 21.9 Å². The van der Waals surface area contributed by atoms with Gasteiger partial charge in [0.1, 0.15) is 0 Å². The van der Waals surface area contributed by atoms with Crippen LogP contribution in [0.4, 0.5) is 0 Å². The number of hydrogen-bond acceptors (Lipinski definition) is 2. The summed E-state index contributed by atoms with van der Waals surface area (Å²) in [5.41, 5.74) is 2.71. The Balaban J connectivity index is 1.72. The van der Waals surface area contributed by atoms with Gasteiger partial charge in [0, 0.05) is 31.1 Å². The fraction of sp³-hybridized carbons (Fsp3) is 0.222. The lowest BCUT2D eigenvalue weighted by Crippen LogP contribution is -2.39. The van der Waals surface area contributed by atoms with Crippen molar-refractivity contribution in [2.24, 2.45) is 0 Å². The number of carbonyl (C=O) groups is 1. The molecule has 0 N–H and O–H groups in total. The molecule has 1 aliphatic rings. The number of benzene rings is 1. The van der Waals surface area contributed by atoms with Gasteiger partial charge in [-0.1, -0.05) is 12.1 Å². The molecule has 2 heterocycles. The maximum Gasteiger partial charge on any atom is 0.247 e. The van der Waals surface area contributed by atoms with E-state index in [9.17, 15) is 4.79 Å². The van der Waals surface area contributed by atoms with E-state index in [4.69, 9.17) is 5.26 Å². The van der Waals surface area contributed by atoms with Gasteiger partial charge in [0.25, 0.3) is 0 Å². The molecule has 0 saturated carbocycles. The molecule has 0 saturated heterocycles. The number of nitrogens with zero attached hydrogens (tertiary/aromatic N) is 3. The quantitative estimate of drug-likeness (QED) is 0.799. The largest absolute Gasteiger partial charge is 0.348 e. The van der Waals surface area contributed by atoms with Gasteiger partial charge in [-0.2, -0.15) is 5.26 Å². The number of hydrogen-bond donors (Lipinski definition) is 0. The molecule has 0 unspecified atom stereocenters. The van der Waals surface area contributed by atoms with Gasteiger partial charge in [0.2, 0.25) is 5.91 Å².